The van der Waals surface area contributed by atoms with E-state index in [9.17, 15) is 19.2 Å². The molecule has 3 aromatic rings. The fourth-order valence-electron chi connectivity index (χ4n) is 3.85. The highest BCUT2D eigenvalue weighted by atomic mass is 16.5. The van der Waals surface area contributed by atoms with E-state index in [4.69, 9.17) is 4.74 Å². The molecule has 1 fully saturated rings. The van der Waals surface area contributed by atoms with Gasteiger partial charge in [0, 0.05) is 16.9 Å². The summed E-state index contributed by atoms with van der Waals surface area (Å²) in [6.07, 6.45) is 0. The topological polar surface area (TPSA) is 117 Å². The average molecular weight is 487 g/mol. The number of benzene rings is 3. The number of hydrogen-bond donors (Lipinski definition) is 3. The number of hydrogen-bond acceptors (Lipinski definition) is 5. The van der Waals surface area contributed by atoms with Crippen molar-refractivity contribution in [2.75, 3.05) is 24.3 Å². The largest absolute Gasteiger partial charge is 0.497 e. The highest BCUT2D eigenvalue weighted by molar-refractivity contribution is 6.10. The molecule has 1 atom stereocenters. The van der Waals surface area contributed by atoms with Gasteiger partial charge in [-0.25, -0.2) is 4.79 Å². The zero-order valence-corrected chi connectivity index (χ0v) is 20.1. The Morgan fingerprint density at radius 2 is 1.47 bits per heavy atom. The first-order valence-electron chi connectivity index (χ1n) is 11.3. The Hall–Kier alpha value is -4.66. The van der Waals surface area contributed by atoms with Crippen LogP contribution < -0.4 is 20.7 Å². The summed E-state index contributed by atoms with van der Waals surface area (Å²) in [4.78, 5) is 51.5. The van der Waals surface area contributed by atoms with Crippen molar-refractivity contribution in [3.63, 3.8) is 0 Å². The molecule has 1 saturated heterocycles. The first-order valence-corrected chi connectivity index (χ1v) is 11.3. The summed E-state index contributed by atoms with van der Waals surface area (Å²) < 4.78 is 5.10. The molecule has 5 amide bonds. The van der Waals surface area contributed by atoms with Crippen LogP contribution in [-0.4, -0.2) is 42.3 Å². The minimum absolute atomic E-state index is 0.312. The Morgan fingerprint density at radius 1 is 0.889 bits per heavy atom. The summed E-state index contributed by atoms with van der Waals surface area (Å²) in [7, 11) is 1.56. The van der Waals surface area contributed by atoms with E-state index in [-0.39, 0.29) is 5.91 Å². The fraction of sp³-hybridized carbons (Fsp3) is 0.185. The number of urea groups is 1. The number of methoxy groups -OCH3 is 1. The maximum Gasteiger partial charge on any atom is 0.325 e. The van der Waals surface area contributed by atoms with Crippen LogP contribution in [0.5, 0.6) is 5.75 Å². The van der Waals surface area contributed by atoms with Gasteiger partial charge in [-0.2, -0.15) is 0 Å². The molecule has 1 aliphatic rings. The number of rotatable bonds is 7. The predicted octanol–water partition coefficient (Wildman–Crippen LogP) is 3.66. The predicted molar refractivity (Wildman–Crippen MR) is 135 cm³/mol. The summed E-state index contributed by atoms with van der Waals surface area (Å²) in [6, 6.07) is 19.9. The summed E-state index contributed by atoms with van der Waals surface area (Å²) >= 11 is 0. The highest BCUT2D eigenvalue weighted by Crippen LogP contribution is 2.29. The molecular weight excluding hydrogens is 460 g/mol. The molecule has 0 spiro atoms. The van der Waals surface area contributed by atoms with Crippen molar-refractivity contribution in [3.05, 3.63) is 89.5 Å². The summed E-state index contributed by atoms with van der Waals surface area (Å²) in [5, 5.41) is 8.12. The molecule has 0 aromatic heterocycles. The minimum Gasteiger partial charge on any atom is -0.497 e. The van der Waals surface area contributed by atoms with Gasteiger partial charge in [-0.1, -0.05) is 29.8 Å². The van der Waals surface area contributed by atoms with Crippen molar-refractivity contribution in [2.24, 2.45) is 0 Å². The Bertz CT molecular complexity index is 1300. The van der Waals surface area contributed by atoms with Crippen LogP contribution in [0.4, 0.5) is 16.2 Å². The van der Waals surface area contributed by atoms with Crippen molar-refractivity contribution >= 4 is 35.1 Å². The van der Waals surface area contributed by atoms with Crippen molar-refractivity contribution in [1.82, 2.24) is 10.2 Å². The van der Waals surface area contributed by atoms with Gasteiger partial charge in [0.05, 0.1) is 7.11 Å². The van der Waals surface area contributed by atoms with Gasteiger partial charge in [0.25, 0.3) is 11.8 Å². The highest BCUT2D eigenvalue weighted by Gasteiger charge is 2.49. The molecule has 9 nitrogen and oxygen atoms in total. The van der Waals surface area contributed by atoms with Crippen molar-refractivity contribution in [1.29, 1.82) is 0 Å². The monoisotopic (exact) mass is 486 g/mol. The first-order chi connectivity index (χ1) is 17.2. The standard InChI is InChI=1S/C27H26N4O5/c1-17-4-8-19(9-5-17)27(2)25(34)31(26(35)30-27)16-23(32)28-20-10-6-18(7-11-20)24(33)29-21-12-14-22(36-3)15-13-21/h4-15H,16H2,1-3H3,(H,28,32)(H,29,33)(H,30,35)/t27-/m1/s1. The van der Waals surface area contributed by atoms with Crippen LogP contribution in [-0.2, 0) is 15.1 Å². The zero-order valence-electron chi connectivity index (χ0n) is 20.1. The molecule has 0 saturated carbocycles. The number of imide groups is 1. The molecule has 0 bridgehead atoms. The number of nitrogens with one attached hydrogen (secondary N) is 3. The Kier molecular flexibility index (Phi) is 6.73. The van der Waals surface area contributed by atoms with Gasteiger partial charge >= 0.3 is 6.03 Å². The zero-order chi connectivity index (χ0) is 25.9. The summed E-state index contributed by atoms with van der Waals surface area (Å²) in [6.45, 7) is 3.11. The van der Waals surface area contributed by atoms with Gasteiger partial charge < -0.3 is 20.7 Å². The van der Waals surface area contributed by atoms with Crippen LogP contribution >= 0.6 is 0 Å². The van der Waals surface area contributed by atoms with Gasteiger partial charge in [-0.15, -0.1) is 0 Å². The molecule has 0 unspecified atom stereocenters. The van der Waals surface area contributed by atoms with Crippen LogP contribution in [0.2, 0.25) is 0 Å². The lowest BCUT2D eigenvalue weighted by molar-refractivity contribution is -0.133. The number of carbonyl (C=O) groups excluding carboxylic acids is 4. The van der Waals surface area contributed by atoms with E-state index in [2.05, 4.69) is 16.0 Å². The molecule has 0 radical (unpaired) electrons. The molecule has 1 heterocycles. The van der Waals surface area contributed by atoms with Crippen LogP contribution in [0.25, 0.3) is 0 Å². The average Bonchev–Trinajstić information content (AvgIpc) is 3.09. The number of ether oxygens (including phenoxy) is 1. The van der Waals surface area contributed by atoms with Gasteiger partial charge in [-0.3, -0.25) is 19.3 Å². The van der Waals surface area contributed by atoms with E-state index < -0.39 is 29.9 Å². The van der Waals surface area contributed by atoms with Crippen LogP contribution in [0.15, 0.2) is 72.8 Å². The van der Waals surface area contributed by atoms with Gasteiger partial charge in [0.15, 0.2) is 0 Å². The lowest BCUT2D eigenvalue weighted by Gasteiger charge is -2.22. The lowest BCUT2D eigenvalue weighted by Crippen LogP contribution is -2.42. The third-order valence-electron chi connectivity index (χ3n) is 5.98. The lowest BCUT2D eigenvalue weighted by atomic mass is 9.91. The van der Waals surface area contributed by atoms with E-state index in [0.717, 1.165) is 10.5 Å². The molecule has 0 aliphatic carbocycles. The van der Waals surface area contributed by atoms with Crippen LogP contribution in [0, 0.1) is 6.92 Å². The van der Waals surface area contributed by atoms with Crippen LogP contribution in [0.3, 0.4) is 0 Å². The van der Waals surface area contributed by atoms with Crippen molar-refractivity contribution < 1.29 is 23.9 Å². The molecule has 4 rings (SSSR count). The first kappa shape index (κ1) is 24.5. The third-order valence-corrected chi connectivity index (χ3v) is 5.98. The van der Waals surface area contributed by atoms with Gasteiger partial charge in [0.1, 0.15) is 17.8 Å². The van der Waals surface area contributed by atoms with Gasteiger partial charge in [-0.05, 0) is 67.9 Å². The molecule has 3 aromatic carbocycles. The van der Waals surface area contributed by atoms with E-state index in [1.165, 1.54) is 0 Å². The van der Waals surface area contributed by atoms with E-state index in [0.29, 0.717) is 28.3 Å². The smallest absolute Gasteiger partial charge is 0.325 e. The maximum atomic E-state index is 13.0. The van der Waals surface area contributed by atoms with Crippen molar-refractivity contribution in [3.8, 4) is 5.75 Å². The van der Waals surface area contributed by atoms with E-state index in [1.807, 2.05) is 19.1 Å². The van der Waals surface area contributed by atoms with Crippen LogP contribution in [0.1, 0.15) is 28.4 Å². The molecule has 3 N–H and O–H groups in total. The number of aryl methyl sites for hydroxylation is 1. The number of carbonyl (C=O) groups is 4. The quantitative estimate of drug-likeness (QED) is 0.441. The number of nitrogens with zero attached hydrogens (tertiary/aromatic N) is 1. The normalized spacial score (nSPS) is 16.9. The van der Waals surface area contributed by atoms with E-state index >= 15 is 0 Å². The van der Waals surface area contributed by atoms with E-state index in [1.54, 1.807) is 74.7 Å². The third kappa shape index (κ3) is 5.05. The second-order valence-corrected chi connectivity index (χ2v) is 8.62. The second-order valence-electron chi connectivity index (χ2n) is 8.62. The Morgan fingerprint density at radius 3 is 2.08 bits per heavy atom. The number of anilines is 2. The molecular formula is C27H26N4O5. The minimum atomic E-state index is -1.25. The van der Waals surface area contributed by atoms with Gasteiger partial charge in [0.2, 0.25) is 5.91 Å². The Balaban J connectivity index is 1.36. The van der Waals surface area contributed by atoms with Crippen molar-refractivity contribution in [2.45, 2.75) is 19.4 Å². The molecule has 1 aliphatic heterocycles. The number of amides is 5. The maximum absolute atomic E-state index is 13.0. The summed E-state index contributed by atoms with van der Waals surface area (Å²) in [5.41, 5.74) is 1.85. The molecule has 36 heavy (non-hydrogen) atoms. The second kappa shape index (κ2) is 9.91. The SMILES string of the molecule is COc1ccc(NC(=O)c2ccc(NC(=O)CN3C(=O)N[C@](C)(c4ccc(C)cc4)C3=O)cc2)cc1. The molecule has 9 heteroatoms. The fourth-order valence-corrected chi connectivity index (χ4v) is 3.85. The molecule has 184 valence electrons. The Labute approximate surface area is 208 Å². The summed E-state index contributed by atoms with van der Waals surface area (Å²) in [5.74, 6) is -0.673.